The number of amides is 1. The van der Waals surface area contributed by atoms with Crippen LogP contribution < -0.4 is 0 Å². The van der Waals surface area contributed by atoms with Gasteiger partial charge in [0.25, 0.3) is 5.91 Å². The fourth-order valence-electron chi connectivity index (χ4n) is 4.29. The maximum atomic E-state index is 13.4. The highest BCUT2D eigenvalue weighted by Crippen LogP contribution is 2.54. The van der Waals surface area contributed by atoms with Crippen LogP contribution in [0.25, 0.3) is 0 Å². The molecular formula is C17H19F4NO2. The molecule has 1 aromatic rings. The third kappa shape index (κ3) is 2.49. The second-order valence-electron chi connectivity index (χ2n) is 7.12. The quantitative estimate of drug-likeness (QED) is 0.765. The highest BCUT2D eigenvalue weighted by atomic mass is 19.4. The maximum absolute atomic E-state index is 13.4. The van der Waals surface area contributed by atoms with Crippen LogP contribution >= 0.6 is 0 Å². The molecule has 0 radical (unpaired) electrons. The van der Waals surface area contributed by atoms with Gasteiger partial charge >= 0.3 is 6.18 Å². The summed E-state index contributed by atoms with van der Waals surface area (Å²) in [5, 5.41) is 0. The molecule has 0 bridgehead atoms. The highest BCUT2D eigenvalue weighted by Gasteiger charge is 2.61. The van der Waals surface area contributed by atoms with Gasteiger partial charge in [-0.1, -0.05) is 13.8 Å². The molecule has 1 saturated heterocycles. The van der Waals surface area contributed by atoms with Crippen LogP contribution in [0.15, 0.2) is 18.2 Å². The molecule has 1 aromatic carbocycles. The Morgan fingerprint density at radius 1 is 1.33 bits per heavy atom. The molecule has 1 aliphatic carbocycles. The predicted molar refractivity (Wildman–Crippen MR) is 78.9 cm³/mol. The molecule has 1 amide bonds. The smallest absolute Gasteiger partial charge is 0.377 e. The van der Waals surface area contributed by atoms with Gasteiger partial charge in [0.05, 0.1) is 11.7 Å². The van der Waals surface area contributed by atoms with Gasteiger partial charge in [-0.25, -0.2) is 4.39 Å². The number of fused-ring (bicyclic) bond motifs is 1. The van der Waals surface area contributed by atoms with E-state index in [2.05, 4.69) is 0 Å². The van der Waals surface area contributed by atoms with Crippen LogP contribution in [0.2, 0.25) is 0 Å². The molecule has 2 fully saturated rings. The van der Waals surface area contributed by atoms with Crippen LogP contribution in [0, 0.1) is 17.2 Å². The zero-order valence-corrected chi connectivity index (χ0v) is 13.7. The predicted octanol–water partition coefficient (Wildman–Crippen LogP) is 3.73. The van der Waals surface area contributed by atoms with Gasteiger partial charge in [0.1, 0.15) is 5.82 Å². The van der Waals surface area contributed by atoms with E-state index < -0.39 is 23.5 Å². The van der Waals surface area contributed by atoms with Crippen LogP contribution in [0.5, 0.6) is 0 Å². The lowest BCUT2D eigenvalue weighted by molar-refractivity contribution is -0.140. The van der Waals surface area contributed by atoms with Gasteiger partial charge in [-0.05, 0) is 24.6 Å². The van der Waals surface area contributed by atoms with Gasteiger partial charge in [-0.15, -0.1) is 0 Å². The molecule has 0 spiro atoms. The topological polar surface area (TPSA) is 29.5 Å². The van der Waals surface area contributed by atoms with E-state index in [0.29, 0.717) is 18.7 Å². The van der Waals surface area contributed by atoms with E-state index in [0.717, 1.165) is 12.5 Å². The number of carbonyl (C=O) groups excluding carboxylic acids is 1. The van der Waals surface area contributed by atoms with Gasteiger partial charge < -0.3 is 9.64 Å². The van der Waals surface area contributed by atoms with Crippen LogP contribution in [-0.4, -0.2) is 36.6 Å². The summed E-state index contributed by atoms with van der Waals surface area (Å²) < 4.78 is 57.6. The maximum Gasteiger partial charge on any atom is 0.419 e. The van der Waals surface area contributed by atoms with Crippen LogP contribution in [0.3, 0.4) is 0 Å². The Hall–Kier alpha value is -1.63. The molecule has 0 N–H and O–H groups in total. The largest absolute Gasteiger partial charge is 0.419 e. The molecule has 1 aliphatic heterocycles. The molecule has 1 saturated carbocycles. The summed E-state index contributed by atoms with van der Waals surface area (Å²) >= 11 is 0. The summed E-state index contributed by atoms with van der Waals surface area (Å²) in [7, 11) is 1.58. The van der Waals surface area contributed by atoms with Crippen molar-refractivity contribution in [1.29, 1.82) is 0 Å². The summed E-state index contributed by atoms with van der Waals surface area (Å²) in [5.74, 6) is -1.73. The first-order chi connectivity index (χ1) is 11.0. The van der Waals surface area contributed by atoms with Gasteiger partial charge in [0, 0.05) is 36.6 Å². The number of alkyl halides is 3. The van der Waals surface area contributed by atoms with Crippen molar-refractivity contribution in [2.45, 2.75) is 38.6 Å². The molecule has 7 heteroatoms. The lowest BCUT2D eigenvalue weighted by Crippen LogP contribution is -2.66. The molecule has 1 heterocycles. The summed E-state index contributed by atoms with van der Waals surface area (Å²) in [6.07, 6.45) is -3.94. The van der Waals surface area contributed by atoms with Gasteiger partial charge in [-0.3, -0.25) is 4.79 Å². The third-order valence-corrected chi connectivity index (χ3v) is 5.29. The van der Waals surface area contributed by atoms with E-state index >= 15 is 0 Å². The molecule has 24 heavy (non-hydrogen) atoms. The van der Waals surface area contributed by atoms with E-state index in [-0.39, 0.29) is 29.0 Å². The first-order valence-corrected chi connectivity index (χ1v) is 7.80. The van der Waals surface area contributed by atoms with E-state index in [1.165, 1.54) is 4.90 Å². The first-order valence-electron chi connectivity index (χ1n) is 7.80. The average molecular weight is 345 g/mol. The van der Waals surface area contributed by atoms with Crippen LogP contribution in [0.4, 0.5) is 17.6 Å². The number of rotatable bonds is 2. The molecule has 0 unspecified atom stereocenters. The minimum Gasteiger partial charge on any atom is -0.377 e. The van der Waals surface area contributed by atoms with Crippen molar-refractivity contribution in [3.63, 3.8) is 0 Å². The summed E-state index contributed by atoms with van der Waals surface area (Å²) in [5.41, 5.74) is -1.85. The summed E-state index contributed by atoms with van der Waals surface area (Å²) in [6.45, 7) is 4.60. The Morgan fingerprint density at radius 2 is 2.00 bits per heavy atom. The van der Waals surface area contributed by atoms with E-state index in [9.17, 15) is 22.4 Å². The van der Waals surface area contributed by atoms with E-state index in [1.807, 2.05) is 13.8 Å². The van der Waals surface area contributed by atoms with Gasteiger partial charge in [-0.2, -0.15) is 13.2 Å². The zero-order valence-electron chi connectivity index (χ0n) is 13.7. The van der Waals surface area contributed by atoms with Crippen molar-refractivity contribution < 1.29 is 27.1 Å². The monoisotopic (exact) mass is 345 g/mol. The van der Waals surface area contributed by atoms with Gasteiger partial charge in [0.2, 0.25) is 0 Å². The Bertz CT molecular complexity index is 671. The number of hydrogen-bond donors (Lipinski definition) is 0. The number of ether oxygens (including phenoxy) is 1. The lowest BCUT2D eigenvalue weighted by atomic mass is 9.56. The van der Waals surface area contributed by atoms with Gasteiger partial charge in [0.15, 0.2) is 0 Å². The molecule has 3 rings (SSSR count). The Morgan fingerprint density at radius 3 is 2.62 bits per heavy atom. The Labute approximate surface area is 137 Å². The number of carbonyl (C=O) groups is 1. The van der Waals surface area contributed by atoms with Crippen molar-refractivity contribution in [1.82, 2.24) is 4.90 Å². The van der Waals surface area contributed by atoms with E-state index in [4.69, 9.17) is 4.74 Å². The first kappa shape index (κ1) is 17.2. The van der Waals surface area contributed by atoms with Crippen molar-refractivity contribution in [2.75, 3.05) is 13.7 Å². The molecule has 3 atom stereocenters. The number of benzene rings is 1. The molecular weight excluding hydrogens is 326 g/mol. The van der Waals surface area contributed by atoms with Crippen LogP contribution in [-0.2, 0) is 10.9 Å². The minimum atomic E-state index is -4.83. The van der Waals surface area contributed by atoms with E-state index in [1.54, 1.807) is 7.05 Å². The SMILES string of the molecule is CN(C(=O)c1ccc(F)c(C(F)(F)F)c1)[C@@H]1[C@H]2CCO[C@H]2C1(C)C. The van der Waals surface area contributed by atoms with Crippen molar-refractivity contribution in [3.8, 4) is 0 Å². The minimum absolute atomic E-state index is 0.0664. The van der Waals surface area contributed by atoms with Crippen molar-refractivity contribution in [3.05, 3.63) is 35.1 Å². The molecule has 132 valence electrons. The van der Waals surface area contributed by atoms with Crippen LogP contribution in [0.1, 0.15) is 36.2 Å². The zero-order chi connectivity index (χ0) is 17.9. The Kier molecular flexibility index (Phi) is 3.90. The highest BCUT2D eigenvalue weighted by molar-refractivity contribution is 5.94. The second kappa shape index (κ2) is 5.44. The van der Waals surface area contributed by atoms with Crippen molar-refractivity contribution >= 4 is 5.91 Å². The second-order valence-corrected chi connectivity index (χ2v) is 7.12. The fourth-order valence-corrected chi connectivity index (χ4v) is 4.29. The lowest BCUT2D eigenvalue weighted by Gasteiger charge is -2.57. The summed E-state index contributed by atoms with van der Waals surface area (Å²) in [4.78, 5) is 14.1. The molecule has 3 nitrogen and oxygen atoms in total. The van der Waals surface area contributed by atoms with Crippen molar-refractivity contribution in [2.24, 2.45) is 11.3 Å². The number of halogens is 4. The Balaban J connectivity index is 1.87. The normalized spacial score (nSPS) is 28.2. The third-order valence-electron chi connectivity index (χ3n) is 5.29. The molecule has 2 aliphatic rings. The molecule has 0 aromatic heterocycles. The fraction of sp³-hybridized carbons (Fsp3) is 0.588. The number of nitrogens with zero attached hydrogens (tertiary/aromatic N) is 1. The standard InChI is InChI=1S/C17H19F4NO2/c1-16(2)13(10-6-7-24-14(10)16)22(3)15(23)9-4-5-12(18)11(8-9)17(19,20)21/h4-5,8,10,13-14H,6-7H2,1-3H3/t10-,13-,14-/m1/s1. The summed E-state index contributed by atoms with van der Waals surface area (Å²) in [6, 6.07) is 2.26. The number of hydrogen-bond acceptors (Lipinski definition) is 2. The average Bonchev–Trinajstić information content (AvgIpc) is 2.92.